The van der Waals surface area contributed by atoms with Gasteiger partial charge < -0.3 is 26.2 Å². The van der Waals surface area contributed by atoms with Crippen LogP contribution in [-0.2, 0) is 4.79 Å². The summed E-state index contributed by atoms with van der Waals surface area (Å²) in [5.74, 6) is -0.0424. The molecule has 1 aromatic carbocycles. The summed E-state index contributed by atoms with van der Waals surface area (Å²) >= 11 is 0. The van der Waals surface area contributed by atoms with E-state index in [4.69, 9.17) is 0 Å². The van der Waals surface area contributed by atoms with Crippen molar-refractivity contribution in [2.24, 2.45) is 5.92 Å². The molecule has 0 aliphatic carbocycles. The summed E-state index contributed by atoms with van der Waals surface area (Å²) in [6.45, 7) is 7.72. The number of hydrogen-bond acceptors (Lipinski definition) is 3. The fourth-order valence-corrected chi connectivity index (χ4v) is 2.92. The van der Waals surface area contributed by atoms with E-state index in [2.05, 4.69) is 27.8 Å². The first-order valence-electron chi connectivity index (χ1n) is 9.63. The van der Waals surface area contributed by atoms with Gasteiger partial charge in [-0.1, -0.05) is 13.0 Å². The van der Waals surface area contributed by atoms with Gasteiger partial charge in [0.05, 0.1) is 0 Å². The summed E-state index contributed by atoms with van der Waals surface area (Å²) in [5, 5.41) is 11.1. The monoisotopic (exact) mass is 387 g/mol. The smallest absolute Gasteiger partial charge is 0.321 e. The van der Waals surface area contributed by atoms with E-state index in [0.717, 1.165) is 6.42 Å². The molecule has 1 heterocycles. The maximum Gasteiger partial charge on any atom is 0.321 e. The summed E-state index contributed by atoms with van der Waals surface area (Å²) in [5.41, 5.74) is 1.30. The van der Waals surface area contributed by atoms with E-state index in [1.54, 1.807) is 35.2 Å². The van der Waals surface area contributed by atoms with Crippen LogP contribution in [0.3, 0.4) is 0 Å². The number of hydrogen-bond donors (Lipinski definition) is 4. The molecule has 1 aromatic rings. The predicted octanol–water partition coefficient (Wildman–Crippen LogP) is 2.76. The molecule has 8 heteroatoms. The molecule has 0 bridgehead atoms. The van der Waals surface area contributed by atoms with Crippen LogP contribution in [-0.4, -0.2) is 49.0 Å². The molecule has 0 aromatic heterocycles. The first-order chi connectivity index (χ1) is 13.5. The van der Waals surface area contributed by atoms with Crippen molar-refractivity contribution in [3.63, 3.8) is 0 Å². The second-order valence-electron chi connectivity index (χ2n) is 6.68. The fraction of sp³-hybridized carbons (Fsp3) is 0.450. The van der Waals surface area contributed by atoms with Crippen molar-refractivity contribution in [1.29, 1.82) is 0 Å². The summed E-state index contributed by atoms with van der Waals surface area (Å²) < 4.78 is 0. The lowest BCUT2D eigenvalue weighted by molar-refractivity contribution is -0.126. The molecule has 0 unspecified atom stereocenters. The Balaban J connectivity index is 1.78. The Labute approximate surface area is 165 Å². The normalized spacial score (nSPS) is 14.1. The summed E-state index contributed by atoms with van der Waals surface area (Å²) in [4.78, 5) is 37.7. The first-order valence-corrected chi connectivity index (χ1v) is 9.63. The van der Waals surface area contributed by atoms with Crippen LogP contribution in [0, 0.1) is 5.92 Å². The van der Waals surface area contributed by atoms with Crippen LogP contribution >= 0.6 is 0 Å². The zero-order chi connectivity index (χ0) is 20.4. The zero-order valence-electron chi connectivity index (χ0n) is 16.3. The SMILES string of the molecule is C=CCNC(=O)C1CCN(C(=O)Nc2ccc(NC(=O)NCCC)cc2)CC1. The number of nitrogens with one attached hydrogen (secondary N) is 4. The number of likely N-dealkylation sites (tertiary alicyclic amines) is 1. The first kappa shape index (κ1) is 21.3. The number of urea groups is 2. The highest BCUT2D eigenvalue weighted by Gasteiger charge is 2.27. The Kier molecular flexibility index (Phi) is 8.33. The maximum atomic E-state index is 12.4. The minimum Gasteiger partial charge on any atom is -0.352 e. The third-order valence-electron chi connectivity index (χ3n) is 4.50. The average Bonchev–Trinajstić information content (AvgIpc) is 2.72. The van der Waals surface area contributed by atoms with Gasteiger partial charge in [0.1, 0.15) is 0 Å². The van der Waals surface area contributed by atoms with Crippen molar-refractivity contribution in [2.45, 2.75) is 26.2 Å². The molecular weight excluding hydrogens is 358 g/mol. The third-order valence-corrected chi connectivity index (χ3v) is 4.50. The van der Waals surface area contributed by atoms with Crippen LogP contribution < -0.4 is 21.3 Å². The quantitative estimate of drug-likeness (QED) is 0.541. The molecule has 1 fully saturated rings. The lowest BCUT2D eigenvalue weighted by Gasteiger charge is -2.31. The molecule has 1 saturated heterocycles. The minimum absolute atomic E-state index is 0.0195. The van der Waals surface area contributed by atoms with E-state index in [-0.39, 0.29) is 23.9 Å². The highest BCUT2D eigenvalue weighted by atomic mass is 16.2. The van der Waals surface area contributed by atoms with Gasteiger partial charge in [-0.2, -0.15) is 0 Å². The third kappa shape index (κ3) is 6.61. The van der Waals surface area contributed by atoms with Gasteiger partial charge in [-0.3, -0.25) is 4.79 Å². The van der Waals surface area contributed by atoms with E-state index < -0.39 is 0 Å². The van der Waals surface area contributed by atoms with Crippen LogP contribution in [0.15, 0.2) is 36.9 Å². The minimum atomic E-state index is -0.251. The van der Waals surface area contributed by atoms with Gasteiger partial charge in [-0.25, -0.2) is 9.59 Å². The molecule has 2 rings (SSSR count). The summed E-state index contributed by atoms with van der Waals surface area (Å²) in [7, 11) is 0. The van der Waals surface area contributed by atoms with E-state index in [1.807, 2.05) is 6.92 Å². The van der Waals surface area contributed by atoms with Gasteiger partial charge in [0.2, 0.25) is 5.91 Å². The highest BCUT2D eigenvalue weighted by Crippen LogP contribution is 2.19. The van der Waals surface area contributed by atoms with Crippen LogP contribution in [0.5, 0.6) is 0 Å². The molecule has 4 N–H and O–H groups in total. The number of amides is 5. The molecule has 0 radical (unpaired) electrons. The van der Waals surface area contributed by atoms with Crippen molar-refractivity contribution in [1.82, 2.24) is 15.5 Å². The Bertz CT molecular complexity index is 682. The molecule has 1 aliphatic heterocycles. The standard InChI is InChI=1S/C20H29N5O3/c1-3-11-21-18(26)15-9-13-25(14-10-15)20(28)24-17-7-5-16(6-8-17)23-19(27)22-12-4-2/h3,5-8,15H,1,4,9-14H2,2H3,(H,21,26)(H,24,28)(H2,22,23,27). The number of piperidine rings is 1. The molecule has 0 atom stereocenters. The topological polar surface area (TPSA) is 103 Å². The number of rotatable bonds is 7. The number of benzene rings is 1. The number of carbonyl (C=O) groups excluding carboxylic acids is 3. The Morgan fingerprint density at radius 2 is 1.68 bits per heavy atom. The molecule has 5 amide bonds. The van der Waals surface area contributed by atoms with Gasteiger partial charge >= 0.3 is 12.1 Å². The largest absolute Gasteiger partial charge is 0.352 e. The molecule has 8 nitrogen and oxygen atoms in total. The lowest BCUT2D eigenvalue weighted by Crippen LogP contribution is -2.44. The van der Waals surface area contributed by atoms with Crippen LogP contribution in [0.1, 0.15) is 26.2 Å². The van der Waals surface area contributed by atoms with Gasteiger partial charge in [-0.05, 0) is 43.5 Å². The summed E-state index contributed by atoms with van der Waals surface area (Å²) in [6, 6.07) is 6.50. The molecule has 0 spiro atoms. The number of anilines is 2. The molecular formula is C20H29N5O3. The van der Waals surface area contributed by atoms with Gasteiger partial charge in [0.15, 0.2) is 0 Å². The fourth-order valence-electron chi connectivity index (χ4n) is 2.92. The number of nitrogens with zero attached hydrogens (tertiary/aromatic N) is 1. The van der Waals surface area contributed by atoms with Crippen molar-refractivity contribution >= 4 is 29.3 Å². The van der Waals surface area contributed by atoms with Crippen molar-refractivity contribution in [3.8, 4) is 0 Å². The van der Waals surface area contributed by atoms with E-state index in [0.29, 0.717) is 50.4 Å². The molecule has 0 saturated carbocycles. The van der Waals surface area contributed by atoms with E-state index in [1.165, 1.54) is 0 Å². The number of carbonyl (C=O) groups is 3. The molecule has 152 valence electrons. The van der Waals surface area contributed by atoms with E-state index >= 15 is 0 Å². The Hall–Kier alpha value is -3.03. The lowest BCUT2D eigenvalue weighted by atomic mass is 9.96. The van der Waals surface area contributed by atoms with Crippen LogP contribution in [0.25, 0.3) is 0 Å². The van der Waals surface area contributed by atoms with Gasteiger partial charge in [0, 0.05) is 43.5 Å². The summed E-state index contributed by atoms with van der Waals surface area (Å²) in [6.07, 6.45) is 3.81. The van der Waals surface area contributed by atoms with Crippen molar-refractivity contribution in [2.75, 3.05) is 36.8 Å². The van der Waals surface area contributed by atoms with Crippen LogP contribution in [0.4, 0.5) is 21.0 Å². The van der Waals surface area contributed by atoms with Gasteiger partial charge in [-0.15, -0.1) is 6.58 Å². The molecule has 1 aliphatic rings. The van der Waals surface area contributed by atoms with Crippen molar-refractivity contribution < 1.29 is 14.4 Å². The predicted molar refractivity (Wildman–Crippen MR) is 110 cm³/mol. The van der Waals surface area contributed by atoms with Crippen molar-refractivity contribution in [3.05, 3.63) is 36.9 Å². The van der Waals surface area contributed by atoms with Crippen LogP contribution in [0.2, 0.25) is 0 Å². The second-order valence-corrected chi connectivity index (χ2v) is 6.68. The van der Waals surface area contributed by atoms with E-state index in [9.17, 15) is 14.4 Å². The van der Waals surface area contributed by atoms with Gasteiger partial charge in [0.25, 0.3) is 0 Å². The Morgan fingerprint density at radius 1 is 1.07 bits per heavy atom. The highest BCUT2D eigenvalue weighted by molar-refractivity contribution is 5.91. The maximum absolute atomic E-state index is 12.4. The average molecular weight is 387 g/mol. The Morgan fingerprint density at radius 3 is 2.25 bits per heavy atom. The zero-order valence-corrected chi connectivity index (χ0v) is 16.3. The second kappa shape index (κ2) is 11.0. The molecule has 28 heavy (non-hydrogen) atoms.